The summed E-state index contributed by atoms with van der Waals surface area (Å²) in [5.74, 6) is -0.735. The Morgan fingerprint density at radius 3 is 2.70 bits per heavy atom. The maximum absolute atomic E-state index is 13.8. The van der Waals surface area contributed by atoms with Crippen LogP contribution in [-0.4, -0.2) is 31.9 Å². The second kappa shape index (κ2) is 5.36. The van der Waals surface area contributed by atoms with Gasteiger partial charge in [-0.25, -0.2) is 12.8 Å². The topological polar surface area (TPSA) is 63.4 Å². The first-order chi connectivity index (χ1) is 9.14. The molecule has 0 aliphatic carbocycles. The molecule has 4 nitrogen and oxygen atoms in total. The van der Waals surface area contributed by atoms with Crippen LogP contribution in [-0.2, 0) is 10.0 Å². The normalized spacial score (nSPS) is 23.8. The minimum absolute atomic E-state index is 0.0543. The molecule has 7 heteroatoms. The van der Waals surface area contributed by atoms with Gasteiger partial charge in [-0.3, -0.25) is 0 Å². The summed E-state index contributed by atoms with van der Waals surface area (Å²) in [6, 6.07) is 3.87. The van der Waals surface area contributed by atoms with Crippen LogP contribution < -0.4 is 5.73 Å². The summed E-state index contributed by atoms with van der Waals surface area (Å²) >= 11 is 3.18. The molecule has 1 aliphatic heterocycles. The van der Waals surface area contributed by atoms with Crippen molar-refractivity contribution in [3.05, 3.63) is 28.5 Å². The third-order valence-electron chi connectivity index (χ3n) is 3.79. The van der Waals surface area contributed by atoms with Crippen molar-refractivity contribution >= 4 is 26.0 Å². The Morgan fingerprint density at radius 2 is 2.10 bits per heavy atom. The van der Waals surface area contributed by atoms with E-state index in [-0.39, 0.29) is 16.4 Å². The van der Waals surface area contributed by atoms with Gasteiger partial charge in [0.1, 0.15) is 10.7 Å². The molecule has 1 aliphatic rings. The molecule has 1 fully saturated rings. The van der Waals surface area contributed by atoms with E-state index in [1.165, 1.54) is 16.4 Å². The van der Waals surface area contributed by atoms with Gasteiger partial charge in [0.05, 0.1) is 0 Å². The van der Waals surface area contributed by atoms with Gasteiger partial charge in [-0.15, -0.1) is 0 Å². The fraction of sp³-hybridized carbons (Fsp3) is 0.538. The molecule has 0 spiro atoms. The van der Waals surface area contributed by atoms with Crippen LogP contribution in [0.2, 0.25) is 0 Å². The van der Waals surface area contributed by atoms with Crippen molar-refractivity contribution in [3.8, 4) is 0 Å². The van der Waals surface area contributed by atoms with Crippen LogP contribution in [0.3, 0.4) is 0 Å². The summed E-state index contributed by atoms with van der Waals surface area (Å²) in [7, 11) is -3.84. The first-order valence-electron chi connectivity index (χ1n) is 6.35. The molecule has 1 saturated heterocycles. The van der Waals surface area contributed by atoms with Crippen LogP contribution in [0.25, 0.3) is 0 Å². The van der Waals surface area contributed by atoms with Gasteiger partial charge in [-0.1, -0.05) is 29.8 Å². The van der Waals surface area contributed by atoms with E-state index in [1.54, 1.807) is 0 Å². The van der Waals surface area contributed by atoms with Crippen LogP contribution in [0, 0.1) is 11.2 Å². The van der Waals surface area contributed by atoms with Crippen LogP contribution >= 0.6 is 15.9 Å². The maximum atomic E-state index is 13.8. The molecule has 0 radical (unpaired) electrons. The Labute approximate surface area is 127 Å². The van der Waals surface area contributed by atoms with Crippen molar-refractivity contribution in [3.63, 3.8) is 0 Å². The van der Waals surface area contributed by atoms with Crippen molar-refractivity contribution in [2.24, 2.45) is 11.1 Å². The van der Waals surface area contributed by atoms with Crippen molar-refractivity contribution in [2.45, 2.75) is 31.2 Å². The van der Waals surface area contributed by atoms with Gasteiger partial charge < -0.3 is 5.73 Å². The van der Waals surface area contributed by atoms with Gasteiger partial charge in [-0.05, 0) is 30.0 Å². The number of rotatable bonds is 2. The van der Waals surface area contributed by atoms with E-state index >= 15 is 0 Å². The quantitative estimate of drug-likeness (QED) is 0.875. The number of hydrogen-bond acceptors (Lipinski definition) is 3. The Bertz CT molecular complexity index is 619. The van der Waals surface area contributed by atoms with Crippen LogP contribution in [0.5, 0.6) is 0 Å². The monoisotopic (exact) mass is 364 g/mol. The zero-order valence-corrected chi connectivity index (χ0v) is 13.8. The molecule has 0 aromatic heterocycles. The highest BCUT2D eigenvalue weighted by Gasteiger charge is 2.39. The molecule has 1 heterocycles. The van der Waals surface area contributed by atoms with Crippen molar-refractivity contribution in [2.75, 3.05) is 13.1 Å². The third-order valence-corrected chi connectivity index (χ3v) is 6.14. The van der Waals surface area contributed by atoms with E-state index in [0.29, 0.717) is 24.0 Å². The molecular weight excluding hydrogens is 347 g/mol. The van der Waals surface area contributed by atoms with E-state index in [0.717, 1.165) is 6.07 Å². The minimum Gasteiger partial charge on any atom is -0.327 e. The molecule has 112 valence electrons. The summed E-state index contributed by atoms with van der Waals surface area (Å²) in [6.07, 6.45) is 0.571. The number of halogens is 2. The average molecular weight is 365 g/mol. The number of hydrogen-bond donors (Lipinski definition) is 1. The lowest BCUT2D eigenvalue weighted by Crippen LogP contribution is -2.53. The number of benzene rings is 1. The van der Waals surface area contributed by atoms with E-state index in [4.69, 9.17) is 5.73 Å². The van der Waals surface area contributed by atoms with E-state index < -0.39 is 15.8 Å². The molecule has 1 unspecified atom stereocenters. The molecule has 0 bridgehead atoms. The van der Waals surface area contributed by atoms with E-state index in [1.807, 2.05) is 13.8 Å². The minimum atomic E-state index is -3.84. The molecule has 2 rings (SSSR count). The van der Waals surface area contributed by atoms with Gasteiger partial charge in [0, 0.05) is 23.6 Å². The molecule has 0 amide bonds. The van der Waals surface area contributed by atoms with Gasteiger partial charge in [0.2, 0.25) is 10.0 Å². The fourth-order valence-corrected chi connectivity index (χ4v) is 4.57. The number of piperidine rings is 1. The third kappa shape index (κ3) is 2.90. The molecule has 20 heavy (non-hydrogen) atoms. The second-order valence-electron chi connectivity index (χ2n) is 5.80. The van der Waals surface area contributed by atoms with Crippen LogP contribution in [0.15, 0.2) is 27.6 Å². The summed E-state index contributed by atoms with van der Waals surface area (Å²) in [5, 5.41) is 0. The summed E-state index contributed by atoms with van der Waals surface area (Å²) in [6.45, 7) is 4.47. The fourth-order valence-electron chi connectivity index (χ4n) is 2.34. The van der Waals surface area contributed by atoms with Crippen molar-refractivity contribution in [1.82, 2.24) is 4.31 Å². The molecule has 1 aromatic rings. The van der Waals surface area contributed by atoms with E-state index in [9.17, 15) is 12.8 Å². The molecule has 1 atom stereocenters. The number of nitrogens with zero attached hydrogens (tertiary/aromatic N) is 1. The Hall–Kier alpha value is -0.500. The predicted octanol–water partition coefficient (Wildman–Crippen LogP) is 2.34. The Morgan fingerprint density at radius 1 is 1.45 bits per heavy atom. The zero-order chi connectivity index (χ0) is 15.1. The smallest absolute Gasteiger partial charge is 0.246 e. The van der Waals surface area contributed by atoms with Gasteiger partial charge in [-0.2, -0.15) is 4.31 Å². The Balaban J connectivity index is 2.38. The maximum Gasteiger partial charge on any atom is 0.246 e. The molecular formula is C13H18BrFN2O2S. The average Bonchev–Trinajstić information content (AvgIpc) is 2.35. The van der Waals surface area contributed by atoms with E-state index in [2.05, 4.69) is 15.9 Å². The lowest BCUT2D eigenvalue weighted by molar-refractivity contribution is 0.155. The van der Waals surface area contributed by atoms with Gasteiger partial charge in [0.15, 0.2) is 0 Å². The number of sulfonamides is 1. The lowest BCUT2D eigenvalue weighted by atomic mass is 9.81. The van der Waals surface area contributed by atoms with Gasteiger partial charge >= 0.3 is 0 Å². The summed E-state index contributed by atoms with van der Waals surface area (Å²) in [5.41, 5.74) is 5.68. The first-order valence-corrected chi connectivity index (χ1v) is 8.59. The summed E-state index contributed by atoms with van der Waals surface area (Å²) < 4.78 is 40.8. The van der Waals surface area contributed by atoms with Crippen molar-refractivity contribution < 1.29 is 12.8 Å². The zero-order valence-electron chi connectivity index (χ0n) is 11.4. The number of nitrogens with two attached hydrogens (primary N) is 1. The largest absolute Gasteiger partial charge is 0.327 e. The van der Waals surface area contributed by atoms with Crippen LogP contribution in [0.4, 0.5) is 4.39 Å². The van der Waals surface area contributed by atoms with Crippen molar-refractivity contribution in [1.29, 1.82) is 0 Å². The highest BCUT2D eigenvalue weighted by molar-refractivity contribution is 9.10. The predicted molar refractivity (Wildman–Crippen MR) is 79.2 cm³/mol. The highest BCUT2D eigenvalue weighted by Crippen LogP contribution is 2.32. The SMILES string of the molecule is CC1(C)CN(S(=O)(=O)c2cc(Br)ccc2F)CCC1N. The van der Waals surface area contributed by atoms with Crippen LogP contribution in [0.1, 0.15) is 20.3 Å². The lowest BCUT2D eigenvalue weighted by Gasteiger charge is -2.41. The standard InChI is InChI=1S/C13H18BrFN2O2S/c1-13(2)8-17(6-5-12(13)16)20(18,19)11-7-9(14)3-4-10(11)15/h3-4,7,12H,5-6,8,16H2,1-2H3. The van der Waals surface area contributed by atoms with Gasteiger partial charge in [0.25, 0.3) is 0 Å². The summed E-state index contributed by atoms with van der Waals surface area (Å²) in [4.78, 5) is -0.293. The first kappa shape index (κ1) is 15.9. The molecule has 0 saturated carbocycles. The molecule has 2 N–H and O–H groups in total. The highest BCUT2D eigenvalue weighted by atomic mass is 79.9. The molecule has 1 aromatic carbocycles. The second-order valence-corrected chi connectivity index (χ2v) is 8.62. The Kier molecular flexibility index (Phi) is 4.26.